The normalized spacial score (nSPS) is 13.2. The molecular weight excluding hydrogens is 558 g/mol. The van der Waals surface area contributed by atoms with Crippen molar-refractivity contribution in [2.75, 3.05) is 7.11 Å². The number of aryl methyl sites for hydroxylation is 2. The summed E-state index contributed by atoms with van der Waals surface area (Å²) >= 11 is 0. The van der Waals surface area contributed by atoms with Crippen LogP contribution in [0.3, 0.4) is 0 Å². The molecule has 0 aliphatic heterocycles. The van der Waals surface area contributed by atoms with Crippen LogP contribution in [-0.4, -0.2) is 44.3 Å². The van der Waals surface area contributed by atoms with Gasteiger partial charge in [-0.05, 0) is 38.1 Å². The number of rotatable bonds is 4. The number of aromatic amines is 1. The van der Waals surface area contributed by atoms with Crippen molar-refractivity contribution in [2.45, 2.75) is 31.8 Å². The molecule has 9 nitrogen and oxygen atoms in total. The Balaban J connectivity index is 1.86. The Kier molecular flexibility index (Phi) is 6.34. The fourth-order valence-corrected chi connectivity index (χ4v) is 4.79. The van der Waals surface area contributed by atoms with Gasteiger partial charge in [0.1, 0.15) is 11.5 Å². The average molecular weight is 576 g/mol. The second-order valence-corrected chi connectivity index (χ2v) is 9.04. The second kappa shape index (κ2) is 9.37. The molecule has 0 aliphatic carbocycles. The van der Waals surface area contributed by atoms with Crippen LogP contribution in [0, 0.1) is 25.3 Å². The highest BCUT2D eigenvalue weighted by atomic mass is 19.4. The van der Waals surface area contributed by atoms with Crippen LogP contribution in [0.15, 0.2) is 52.1 Å². The van der Waals surface area contributed by atoms with Gasteiger partial charge in [-0.25, -0.2) is 0 Å². The summed E-state index contributed by atoms with van der Waals surface area (Å²) in [6.07, 6.45) is -9.25. The molecule has 2 aromatic carbocycles. The number of halogens is 6. The monoisotopic (exact) mass is 576 g/mol. The molecule has 3 aromatic heterocycles. The number of nitrogens with zero attached hydrogens (tertiary/aromatic N) is 5. The van der Waals surface area contributed by atoms with Crippen molar-refractivity contribution in [1.29, 1.82) is 5.26 Å². The standard InChI is InChI=1S/C26H18F6N6O3/c1-12-21(13(2)41-37-12)17-8-18-16(9-20(17)40-3)22-19(10-34-18)36-23(35-11-33)38(22)15-6-4-5-14(7-15)24(39,25(27,28)29)26(30,31)32/h4-10,39H,1-3H3,(H,35,36). The number of nitriles is 1. The Bertz CT molecular complexity index is 1890. The zero-order valence-electron chi connectivity index (χ0n) is 21.3. The van der Waals surface area contributed by atoms with E-state index in [1.165, 1.54) is 19.4 Å². The molecule has 5 rings (SSSR count). The van der Waals surface area contributed by atoms with Crippen LogP contribution in [-0.2, 0) is 5.60 Å². The topological polar surface area (TPSA) is 125 Å². The summed E-state index contributed by atoms with van der Waals surface area (Å²) in [6.45, 7) is 3.44. The number of nitrogens with one attached hydrogen (secondary N) is 1. The fraction of sp³-hybridized carbons (Fsp3) is 0.231. The predicted molar refractivity (Wildman–Crippen MR) is 132 cm³/mol. The van der Waals surface area contributed by atoms with Gasteiger partial charge in [-0.15, -0.1) is 4.99 Å². The Morgan fingerprint density at radius 1 is 1.10 bits per heavy atom. The molecule has 0 amide bonds. The highest BCUT2D eigenvalue weighted by molar-refractivity contribution is 6.05. The Labute approximate surface area is 225 Å². The summed E-state index contributed by atoms with van der Waals surface area (Å²) < 4.78 is 93.9. The van der Waals surface area contributed by atoms with Crippen molar-refractivity contribution in [3.63, 3.8) is 0 Å². The second-order valence-electron chi connectivity index (χ2n) is 9.04. The van der Waals surface area contributed by atoms with Gasteiger partial charge in [0.05, 0.1) is 41.1 Å². The maximum Gasteiger partial charge on any atom is 0.430 e. The van der Waals surface area contributed by atoms with Crippen LogP contribution in [0.5, 0.6) is 5.75 Å². The molecule has 0 spiro atoms. The van der Waals surface area contributed by atoms with E-state index in [0.29, 0.717) is 51.4 Å². The van der Waals surface area contributed by atoms with Gasteiger partial charge < -0.3 is 19.4 Å². The SMILES string of the molecule is COc1cc2c(cc1-c1c(C)noc1C)ncc1[nH]/c(=N\C#N)n(-c3cccc(C(O)(C(F)(F)F)C(F)(F)F)c3)c12. The van der Waals surface area contributed by atoms with Crippen LogP contribution < -0.4 is 10.4 Å². The lowest BCUT2D eigenvalue weighted by Crippen LogP contribution is -2.53. The highest BCUT2D eigenvalue weighted by Gasteiger charge is 2.71. The number of benzene rings is 2. The number of fused-ring (bicyclic) bond motifs is 3. The van der Waals surface area contributed by atoms with Crippen LogP contribution in [0.2, 0.25) is 0 Å². The zero-order valence-corrected chi connectivity index (χ0v) is 21.3. The number of hydrogen-bond donors (Lipinski definition) is 2. The third-order valence-electron chi connectivity index (χ3n) is 6.64. The van der Waals surface area contributed by atoms with Gasteiger partial charge in [0, 0.05) is 22.2 Å². The maximum atomic E-state index is 13.6. The molecule has 0 saturated heterocycles. The van der Waals surface area contributed by atoms with E-state index in [2.05, 4.69) is 20.1 Å². The minimum Gasteiger partial charge on any atom is -0.496 e. The summed E-state index contributed by atoms with van der Waals surface area (Å²) in [6, 6.07) is 6.43. The fourth-order valence-electron chi connectivity index (χ4n) is 4.79. The van der Waals surface area contributed by atoms with Crippen LogP contribution >= 0.6 is 0 Å². The van der Waals surface area contributed by atoms with Crippen molar-refractivity contribution in [1.82, 2.24) is 19.7 Å². The first-order chi connectivity index (χ1) is 19.2. The van der Waals surface area contributed by atoms with Crippen molar-refractivity contribution in [2.24, 2.45) is 4.99 Å². The Morgan fingerprint density at radius 2 is 1.80 bits per heavy atom. The number of ether oxygens (including phenoxy) is 1. The van der Waals surface area contributed by atoms with E-state index in [9.17, 15) is 36.7 Å². The summed E-state index contributed by atoms with van der Waals surface area (Å²) in [5, 5.41) is 23.6. The van der Waals surface area contributed by atoms with Crippen LogP contribution in [0.4, 0.5) is 26.3 Å². The van der Waals surface area contributed by atoms with Gasteiger partial charge in [0.25, 0.3) is 5.60 Å². The molecule has 0 fully saturated rings. The summed E-state index contributed by atoms with van der Waals surface area (Å²) in [5.74, 6) is 0.844. The minimum absolute atomic E-state index is 0.215. The number of aromatic nitrogens is 4. The van der Waals surface area contributed by atoms with Gasteiger partial charge in [-0.1, -0.05) is 17.3 Å². The lowest BCUT2D eigenvalue weighted by molar-refractivity contribution is -0.376. The van der Waals surface area contributed by atoms with E-state index in [1.54, 1.807) is 32.2 Å². The third kappa shape index (κ3) is 4.18. The van der Waals surface area contributed by atoms with Crippen molar-refractivity contribution in [3.05, 3.63) is 65.2 Å². The molecule has 0 aliphatic rings. The van der Waals surface area contributed by atoms with E-state index in [1.807, 2.05) is 0 Å². The lowest BCUT2D eigenvalue weighted by atomic mass is 9.92. The van der Waals surface area contributed by atoms with Crippen molar-refractivity contribution >= 4 is 21.9 Å². The summed E-state index contributed by atoms with van der Waals surface area (Å²) in [7, 11) is 1.41. The number of methoxy groups -OCH3 is 1. The molecule has 2 N–H and O–H groups in total. The van der Waals surface area contributed by atoms with Crippen molar-refractivity contribution < 1.29 is 40.7 Å². The molecule has 0 saturated carbocycles. The quantitative estimate of drug-likeness (QED) is 0.216. The molecule has 0 bridgehead atoms. The summed E-state index contributed by atoms with van der Waals surface area (Å²) in [4.78, 5) is 10.9. The number of hydrogen-bond acceptors (Lipinski definition) is 7. The van der Waals surface area contributed by atoms with E-state index in [0.717, 1.165) is 10.6 Å². The average Bonchev–Trinajstić information content (AvgIpc) is 3.45. The molecule has 0 atom stereocenters. The van der Waals surface area contributed by atoms with E-state index in [4.69, 9.17) is 9.26 Å². The van der Waals surface area contributed by atoms with E-state index in [-0.39, 0.29) is 22.3 Å². The largest absolute Gasteiger partial charge is 0.496 e. The number of H-pyrrole nitrogens is 1. The minimum atomic E-state index is -6.09. The number of imidazole rings is 1. The zero-order chi connectivity index (χ0) is 29.9. The Morgan fingerprint density at radius 3 is 2.39 bits per heavy atom. The molecule has 5 aromatic rings. The molecule has 212 valence electrons. The van der Waals surface area contributed by atoms with Gasteiger partial charge >= 0.3 is 12.4 Å². The number of alkyl halides is 6. The maximum absolute atomic E-state index is 13.6. The van der Waals surface area contributed by atoms with E-state index >= 15 is 0 Å². The predicted octanol–water partition coefficient (Wildman–Crippen LogP) is 5.48. The molecule has 0 radical (unpaired) electrons. The van der Waals surface area contributed by atoms with E-state index < -0.39 is 23.5 Å². The lowest BCUT2D eigenvalue weighted by Gasteiger charge is -2.32. The first kappa shape index (κ1) is 27.7. The summed E-state index contributed by atoms with van der Waals surface area (Å²) in [5.41, 5.74) is -4.47. The first-order valence-corrected chi connectivity index (χ1v) is 11.7. The number of aliphatic hydroxyl groups is 1. The third-order valence-corrected chi connectivity index (χ3v) is 6.64. The van der Waals surface area contributed by atoms with Crippen molar-refractivity contribution in [3.8, 4) is 28.8 Å². The van der Waals surface area contributed by atoms with Gasteiger partial charge in [0.15, 0.2) is 0 Å². The van der Waals surface area contributed by atoms with Gasteiger partial charge in [-0.2, -0.15) is 31.6 Å². The van der Waals surface area contributed by atoms with Crippen LogP contribution in [0.1, 0.15) is 17.0 Å². The van der Waals surface area contributed by atoms with Crippen LogP contribution in [0.25, 0.3) is 38.8 Å². The van der Waals surface area contributed by atoms with Gasteiger partial charge in [-0.3, -0.25) is 9.55 Å². The molecule has 0 unspecified atom stereocenters. The van der Waals surface area contributed by atoms with Gasteiger partial charge in [0.2, 0.25) is 11.8 Å². The number of pyridine rings is 1. The highest BCUT2D eigenvalue weighted by Crippen LogP contribution is 2.50. The molecule has 3 heterocycles. The first-order valence-electron chi connectivity index (χ1n) is 11.7. The molecule has 41 heavy (non-hydrogen) atoms. The smallest absolute Gasteiger partial charge is 0.430 e. The molecule has 15 heteroatoms. The Hall–Kier alpha value is -4.84. The molecular formula is C26H18F6N6O3.